The number of rotatable bonds is 4. The van der Waals surface area contributed by atoms with Crippen LogP contribution in [-0.4, -0.2) is 18.0 Å². The first-order valence-corrected chi connectivity index (χ1v) is 6.98. The number of nitro benzene ring substituents is 1. The van der Waals surface area contributed by atoms with Crippen molar-refractivity contribution in [1.82, 2.24) is 0 Å². The van der Waals surface area contributed by atoms with Crippen LogP contribution in [0.25, 0.3) is 0 Å². The first kappa shape index (κ1) is 14.3. The van der Waals surface area contributed by atoms with E-state index < -0.39 is 10.3 Å². The Morgan fingerprint density at radius 2 is 1.82 bits per heavy atom. The van der Waals surface area contributed by atoms with Crippen molar-refractivity contribution in [3.63, 3.8) is 0 Å². The fourth-order valence-electron chi connectivity index (χ4n) is 3.08. The molecule has 3 rings (SSSR count). The third-order valence-corrected chi connectivity index (χ3v) is 4.31. The van der Waals surface area contributed by atoms with Crippen molar-refractivity contribution in [1.29, 1.82) is 0 Å². The molecule has 0 spiro atoms. The summed E-state index contributed by atoms with van der Waals surface area (Å²) in [5.74, 6) is -0.252. The van der Waals surface area contributed by atoms with Crippen molar-refractivity contribution >= 4 is 11.7 Å². The Hall–Kier alpha value is -2.69. The molecule has 5 nitrogen and oxygen atoms in total. The summed E-state index contributed by atoms with van der Waals surface area (Å²) in [5, 5.41) is 10.8. The molecule has 2 aromatic carbocycles. The van der Waals surface area contributed by atoms with E-state index in [2.05, 4.69) is 0 Å². The van der Waals surface area contributed by atoms with E-state index >= 15 is 0 Å². The van der Waals surface area contributed by atoms with Crippen LogP contribution in [0.2, 0.25) is 0 Å². The van der Waals surface area contributed by atoms with Gasteiger partial charge in [0.25, 0.3) is 5.69 Å². The predicted octanol–water partition coefficient (Wildman–Crippen LogP) is 3.19. The maximum atomic E-state index is 12.3. The van der Waals surface area contributed by atoms with Gasteiger partial charge < -0.3 is 4.74 Å². The number of nitrogens with zero attached hydrogens (tertiary/aromatic N) is 1. The van der Waals surface area contributed by atoms with Gasteiger partial charge in [-0.2, -0.15) is 0 Å². The van der Waals surface area contributed by atoms with Gasteiger partial charge in [-0.1, -0.05) is 42.5 Å². The topological polar surface area (TPSA) is 69.4 Å². The van der Waals surface area contributed by atoms with E-state index in [4.69, 9.17) is 4.74 Å². The lowest BCUT2D eigenvalue weighted by atomic mass is 9.90. The minimum atomic E-state index is -0.731. The number of carbonyl (C=O) groups is 1. The van der Waals surface area contributed by atoms with Gasteiger partial charge in [-0.3, -0.25) is 14.9 Å². The highest BCUT2D eigenvalue weighted by molar-refractivity contribution is 5.89. The molecule has 22 heavy (non-hydrogen) atoms. The van der Waals surface area contributed by atoms with Crippen molar-refractivity contribution in [3.8, 4) is 0 Å². The molecule has 5 heteroatoms. The fourth-order valence-corrected chi connectivity index (χ4v) is 3.08. The summed E-state index contributed by atoms with van der Waals surface area (Å²) < 4.78 is 4.99. The zero-order valence-electron chi connectivity index (χ0n) is 12.1. The number of hydrogen-bond acceptors (Lipinski definition) is 4. The van der Waals surface area contributed by atoms with Crippen molar-refractivity contribution in [2.45, 2.75) is 17.8 Å². The van der Waals surface area contributed by atoms with E-state index in [9.17, 15) is 14.9 Å². The van der Waals surface area contributed by atoms with E-state index in [1.54, 1.807) is 12.1 Å². The second-order valence-electron chi connectivity index (χ2n) is 5.43. The van der Waals surface area contributed by atoms with Gasteiger partial charge in [0.15, 0.2) is 0 Å². The van der Waals surface area contributed by atoms with E-state index in [-0.39, 0.29) is 17.6 Å². The minimum Gasteiger partial charge on any atom is -0.468 e. The highest BCUT2D eigenvalue weighted by Crippen LogP contribution is 2.61. The summed E-state index contributed by atoms with van der Waals surface area (Å²) in [6.07, 6.45) is 0.654. The Labute approximate surface area is 127 Å². The SMILES string of the molecule is COC(=O)[C@]1(c2ccc([N+](=O)[O-])cc2)C[C@H]1c1ccccc1. The molecule has 2 aromatic rings. The average molecular weight is 297 g/mol. The Bertz CT molecular complexity index is 711. The summed E-state index contributed by atoms with van der Waals surface area (Å²) in [6.45, 7) is 0. The second kappa shape index (κ2) is 5.26. The summed E-state index contributed by atoms with van der Waals surface area (Å²) in [5.41, 5.74) is 1.12. The molecule has 0 aromatic heterocycles. The minimum absolute atomic E-state index is 0.0145. The number of carbonyl (C=O) groups excluding carboxylic acids is 1. The van der Waals surface area contributed by atoms with Gasteiger partial charge in [-0.15, -0.1) is 0 Å². The Morgan fingerprint density at radius 3 is 2.36 bits per heavy atom. The highest BCUT2D eigenvalue weighted by atomic mass is 16.6. The number of methoxy groups -OCH3 is 1. The van der Waals surface area contributed by atoms with Gasteiger partial charge in [0.2, 0.25) is 0 Å². The molecule has 0 aliphatic heterocycles. The molecule has 0 radical (unpaired) electrons. The largest absolute Gasteiger partial charge is 0.468 e. The smallest absolute Gasteiger partial charge is 0.316 e. The predicted molar refractivity (Wildman–Crippen MR) is 80.6 cm³/mol. The molecule has 0 heterocycles. The van der Waals surface area contributed by atoms with Gasteiger partial charge in [-0.05, 0) is 17.5 Å². The summed E-state index contributed by atoms with van der Waals surface area (Å²) in [4.78, 5) is 22.7. The van der Waals surface area contributed by atoms with E-state index in [0.29, 0.717) is 6.42 Å². The number of benzene rings is 2. The standard InChI is InChI=1S/C17H15NO4/c1-22-16(19)17(11-15(17)12-5-3-2-4-6-12)13-7-9-14(10-8-13)18(20)21/h2-10,15H,11H2,1H3/t15-,17-/m0/s1. The molecule has 0 saturated heterocycles. The van der Waals surface area contributed by atoms with E-state index in [0.717, 1.165) is 11.1 Å². The van der Waals surface area contributed by atoms with Gasteiger partial charge in [-0.25, -0.2) is 0 Å². The molecule has 1 saturated carbocycles. The lowest BCUT2D eigenvalue weighted by Gasteiger charge is -2.15. The fraction of sp³-hybridized carbons (Fsp3) is 0.235. The molecule has 1 aliphatic carbocycles. The second-order valence-corrected chi connectivity index (χ2v) is 5.43. The Kier molecular flexibility index (Phi) is 3.41. The molecular formula is C17H15NO4. The number of non-ortho nitro benzene ring substituents is 1. The monoisotopic (exact) mass is 297 g/mol. The van der Waals surface area contributed by atoms with Crippen molar-refractivity contribution in [2.75, 3.05) is 7.11 Å². The van der Waals surface area contributed by atoms with Gasteiger partial charge in [0.05, 0.1) is 12.0 Å². The van der Waals surface area contributed by atoms with Crippen LogP contribution in [-0.2, 0) is 14.9 Å². The lowest BCUT2D eigenvalue weighted by Crippen LogP contribution is -2.24. The number of ether oxygens (including phenoxy) is 1. The summed E-state index contributed by atoms with van der Waals surface area (Å²) >= 11 is 0. The van der Waals surface area contributed by atoms with Gasteiger partial charge >= 0.3 is 5.97 Å². The van der Waals surface area contributed by atoms with Crippen LogP contribution in [0.5, 0.6) is 0 Å². The van der Waals surface area contributed by atoms with Crippen molar-refractivity contribution in [3.05, 3.63) is 75.8 Å². The normalized spacial score (nSPS) is 22.9. The summed E-state index contributed by atoms with van der Waals surface area (Å²) in [6, 6.07) is 15.9. The maximum Gasteiger partial charge on any atom is 0.316 e. The number of nitro groups is 1. The number of hydrogen-bond donors (Lipinski definition) is 0. The average Bonchev–Trinajstić information content (AvgIpc) is 3.32. The first-order valence-electron chi connectivity index (χ1n) is 6.98. The van der Waals surface area contributed by atoms with Crippen LogP contribution in [0.3, 0.4) is 0 Å². The van der Waals surface area contributed by atoms with Crippen LogP contribution < -0.4 is 0 Å². The molecule has 0 N–H and O–H groups in total. The molecule has 0 amide bonds. The number of esters is 1. The van der Waals surface area contributed by atoms with Crippen molar-refractivity contribution < 1.29 is 14.5 Å². The Balaban J connectivity index is 1.99. The Morgan fingerprint density at radius 1 is 1.18 bits per heavy atom. The molecule has 1 fully saturated rings. The van der Waals surface area contributed by atoms with Crippen LogP contribution >= 0.6 is 0 Å². The molecule has 2 atom stereocenters. The van der Waals surface area contributed by atoms with Gasteiger partial charge in [0, 0.05) is 18.1 Å². The zero-order valence-corrected chi connectivity index (χ0v) is 12.1. The zero-order chi connectivity index (χ0) is 15.7. The molecule has 0 bridgehead atoms. The third kappa shape index (κ3) is 2.15. The van der Waals surface area contributed by atoms with Crippen molar-refractivity contribution in [2.24, 2.45) is 0 Å². The van der Waals surface area contributed by atoms with Crippen LogP contribution in [0, 0.1) is 10.1 Å². The highest BCUT2D eigenvalue weighted by Gasteiger charge is 2.62. The molecule has 0 unspecified atom stereocenters. The van der Waals surface area contributed by atoms with Gasteiger partial charge in [0.1, 0.15) is 5.41 Å². The third-order valence-electron chi connectivity index (χ3n) is 4.31. The molecule has 112 valence electrons. The van der Waals surface area contributed by atoms with E-state index in [1.165, 1.54) is 19.2 Å². The van der Waals surface area contributed by atoms with Crippen LogP contribution in [0.4, 0.5) is 5.69 Å². The van der Waals surface area contributed by atoms with Crippen LogP contribution in [0.1, 0.15) is 23.5 Å². The maximum absolute atomic E-state index is 12.3. The summed E-state index contributed by atoms with van der Waals surface area (Å²) in [7, 11) is 1.37. The van der Waals surface area contributed by atoms with Crippen LogP contribution in [0.15, 0.2) is 54.6 Å². The molecular weight excluding hydrogens is 282 g/mol. The lowest BCUT2D eigenvalue weighted by molar-refractivity contribution is -0.384. The quantitative estimate of drug-likeness (QED) is 0.493. The van der Waals surface area contributed by atoms with E-state index in [1.807, 2.05) is 30.3 Å². The first-order chi connectivity index (χ1) is 10.6. The molecule has 1 aliphatic rings.